The second kappa shape index (κ2) is 6.16. The molecule has 1 unspecified atom stereocenters. The molecule has 1 fully saturated rings. The molecule has 2 N–H and O–H groups in total. The van der Waals surface area contributed by atoms with E-state index in [2.05, 4.69) is 25.6 Å². The molecule has 1 aliphatic rings. The topological polar surface area (TPSA) is 67.1 Å². The quantitative estimate of drug-likeness (QED) is 0.774. The standard InChI is InChI=1S/C17H19FN6/c1-11-7-21-17(23-16(11)22-13-3-2-6-19-8-13)14-9-20-15-5-4-12(18)10-24(14)15/h4-5,7,9-10,13,19H,2-3,6,8H2,1H3,(H,21,22,23). The highest BCUT2D eigenvalue weighted by molar-refractivity contribution is 5.59. The Balaban J connectivity index is 1.70. The number of rotatable bonds is 3. The van der Waals surface area contributed by atoms with E-state index in [1.54, 1.807) is 22.9 Å². The van der Waals surface area contributed by atoms with Gasteiger partial charge in [0.2, 0.25) is 0 Å². The van der Waals surface area contributed by atoms with Crippen LogP contribution in [0.25, 0.3) is 17.2 Å². The van der Waals surface area contributed by atoms with Crippen molar-refractivity contribution in [3.8, 4) is 11.5 Å². The highest BCUT2D eigenvalue weighted by Gasteiger charge is 2.16. The van der Waals surface area contributed by atoms with Gasteiger partial charge in [-0.1, -0.05) is 0 Å². The summed E-state index contributed by atoms with van der Waals surface area (Å²) in [5, 5.41) is 6.88. The summed E-state index contributed by atoms with van der Waals surface area (Å²) in [6.45, 7) is 3.98. The smallest absolute Gasteiger partial charge is 0.180 e. The van der Waals surface area contributed by atoms with Crippen molar-refractivity contribution >= 4 is 11.5 Å². The van der Waals surface area contributed by atoms with Gasteiger partial charge in [0.15, 0.2) is 5.82 Å². The lowest BCUT2D eigenvalue weighted by molar-refractivity contribution is 0.479. The number of imidazole rings is 1. The van der Waals surface area contributed by atoms with Crippen molar-refractivity contribution in [2.75, 3.05) is 18.4 Å². The van der Waals surface area contributed by atoms with Gasteiger partial charge in [0, 0.05) is 30.5 Å². The Kier molecular flexibility index (Phi) is 3.86. The van der Waals surface area contributed by atoms with Crippen LogP contribution in [-0.2, 0) is 0 Å². The highest BCUT2D eigenvalue weighted by Crippen LogP contribution is 2.22. The maximum atomic E-state index is 13.6. The van der Waals surface area contributed by atoms with E-state index in [1.807, 2.05) is 6.92 Å². The maximum Gasteiger partial charge on any atom is 0.180 e. The summed E-state index contributed by atoms with van der Waals surface area (Å²) in [5.41, 5.74) is 2.33. The molecule has 0 bridgehead atoms. The molecular weight excluding hydrogens is 307 g/mol. The van der Waals surface area contributed by atoms with Gasteiger partial charge in [0.05, 0.1) is 6.20 Å². The number of halogens is 1. The van der Waals surface area contributed by atoms with E-state index >= 15 is 0 Å². The Morgan fingerprint density at radius 2 is 2.21 bits per heavy atom. The average molecular weight is 326 g/mol. The lowest BCUT2D eigenvalue weighted by Crippen LogP contribution is -2.38. The van der Waals surface area contributed by atoms with Crippen molar-refractivity contribution in [1.29, 1.82) is 0 Å². The van der Waals surface area contributed by atoms with Crippen molar-refractivity contribution in [2.45, 2.75) is 25.8 Å². The molecule has 3 aromatic heterocycles. The molecule has 6 nitrogen and oxygen atoms in total. The number of piperidine rings is 1. The van der Waals surface area contributed by atoms with E-state index in [4.69, 9.17) is 0 Å². The molecule has 1 aliphatic heterocycles. The van der Waals surface area contributed by atoms with Crippen LogP contribution in [0.2, 0.25) is 0 Å². The number of aromatic nitrogens is 4. The van der Waals surface area contributed by atoms with Gasteiger partial charge in [-0.3, -0.25) is 4.40 Å². The molecule has 0 spiro atoms. The van der Waals surface area contributed by atoms with Gasteiger partial charge in [-0.05, 0) is 38.4 Å². The lowest BCUT2D eigenvalue weighted by atomic mass is 10.1. The predicted molar refractivity (Wildman–Crippen MR) is 90.4 cm³/mol. The molecule has 0 aliphatic carbocycles. The Morgan fingerprint density at radius 1 is 1.29 bits per heavy atom. The van der Waals surface area contributed by atoms with Gasteiger partial charge in [0.1, 0.15) is 23.0 Å². The van der Waals surface area contributed by atoms with Crippen LogP contribution in [0.1, 0.15) is 18.4 Å². The van der Waals surface area contributed by atoms with E-state index < -0.39 is 0 Å². The second-order valence-corrected chi connectivity index (χ2v) is 6.13. The van der Waals surface area contributed by atoms with Crippen molar-refractivity contribution in [3.05, 3.63) is 42.1 Å². The maximum absolute atomic E-state index is 13.6. The predicted octanol–water partition coefficient (Wildman–Crippen LogP) is 2.40. The number of fused-ring (bicyclic) bond motifs is 1. The first-order valence-electron chi connectivity index (χ1n) is 8.14. The minimum absolute atomic E-state index is 0.319. The molecule has 0 saturated carbocycles. The molecule has 4 heterocycles. The third kappa shape index (κ3) is 2.82. The van der Waals surface area contributed by atoms with Crippen LogP contribution >= 0.6 is 0 Å². The Morgan fingerprint density at radius 3 is 3.04 bits per heavy atom. The molecule has 124 valence electrons. The monoisotopic (exact) mass is 326 g/mol. The summed E-state index contributed by atoms with van der Waals surface area (Å²) < 4.78 is 15.2. The molecule has 24 heavy (non-hydrogen) atoms. The van der Waals surface area contributed by atoms with E-state index in [0.29, 0.717) is 23.2 Å². The van der Waals surface area contributed by atoms with E-state index in [1.165, 1.54) is 12.3 Å². The zero-order valence-corrected chi connectivity index (χ0v) is 13.5. The summed E-state index contributed by atoms with van der Waals surface area (Å²) in [7, 11) is 0. The molecule has 1 atom stereocenters. The summed E-state index contributed by atoms with van der Waals surface area (Å²) in [6.07, 6.45) is 7.14. The van der Waals surface area contributed by atoms with Gasteiger partial charge < -0.3 is 10.6 Å². The third-order valence-electron chi connectivity index (χ3n) is 4.31. The van der Waals surface area contributed by atoms with E-state index in [-0.39, 0.29) is 5.82 Å². The number of anilines is 1. The zero-order chi connectivity index (χ0) is 16.5. The molecule has 4 rings (SSSR count). The highest BCUT2D eigenvalue weighted by atomic mass is 19.1. The van der Waals surface area contributed by atoms with Crippen molar-refractivity contribution in [3.63, 3.8) is 0 Å². The number of aryl methyl sites for hydroxylation is 1. The molecule has 0 amide bonds. The van der Waals surface area contributed by atoms with Crippen LogP contribution < -0.4 is 10.6 Å². The van der Waals surface area contributed by atoms with Crippen molar-refractivity contribution in [2.24, 2.45) is 0 Å². The van der Waals surface area contributed by atoms with Gasteiger partial charge in [-0.2, -0.15) is 0 Å². The minimum atomic E-state index is -0.319. The molecule has 3 aromatic rings. The van der Waals surface area contributed by atoms with Crippen LogP contribution in [0, 0.1) is 12.7 Å². The Bertz CT molecular complexity index is 869. The van der Waals surface area contributed by atoms with Crippen LogP contribution in [0.4, 0.5) is 10.2 Å². The second-order valence-electron chi connectivity index (χ2n) is 6.13. The SMILES string of the molecule is Cc1cnc(-c2cnc3ccc(F)cn23)nc1NC1CCCNC1. The first kappa shape index (κ1) is 15.0. The number of hydrogen-bond acceptors (Lipinski definition) is 5. The summed E-state index contributed by atoms with van der Waals surface area (Å²) in [5.74, 6) is 1.03. The molecule has 7 heteroatoms. The zero-order valence-electron chi connectivity index (χ0n) is 13.5. The first-order valence-corrected chi connectivity index (χ1v) is 8.14. The summed E-state index contributed by atoms with van der Waals surface area (Å²) >= 11 is 0. The Labute approximate surface area is 139 Å². The van der Waals surface area contributed by atoms with Crippen LogP contribution in [0.3, 0.4) is 0 Å². The number of hydrogen-bond donors (Lipinski definition) is 2. The largest absolute Gasteiger partial charge is 0.366 e. The first-order chi connectivity index (χ1) is 11.7. The fraction of sp³-hybridized carbons (Fsp3) is 0.353. The summed E-state index contributed by atoms with van der Waals surface area (Å²) in [4.78, 5) is 13.3. The molecule has 0 aromatic carbocycles. The van der Waals surface area contributed by atoms with Gasteiger partial charge in [0.25, 0.3) is 0 Å². The van der Waals surface area contributed by atoms with E-state index in [0.717, 1.165) is 37.3 Å². The van der Waals surface area contributed by atoms with Crippen LogP contribution in [0.5, 0.6) is 0 Å². The summed E-state index contributed by atoms with van der Waals surface area (Å²) in [6, 6.07) is 3.39. The van der Waals surface area contributed by atoms with Gasteiger partial charge >= 0.3 is 0 Å². The van der Waals surface area contributed by atoms with Gasteiger partial charge in [-0.15, -0.1) is 0 Å². The number of nitrogens with one attached hydrogen (secondary N) is 2. The van der Waals surface area contributed by atoms with Crippen LogP contribution in [0.15, 0.2) is 30.7 Å². The third-order valence-corrected chi connectivity index (χ3v) is 4.31. The number of nitrogens with zero attached hydrogens (tertiary/aromatic N) is 4. The fourth-order valence-electron chi connectivity index (χ4n) is 3.00. The van der Waals surface area contributed by atoms with Gasteiger partial charge in [-0.25, -0.2) is 19.3 Å². The van der Waals surface area contributed by atoms with Crippen molar-refractivity contribution in [1.82, 2.24) is 24.7 Å². The number of pyridine rings is 1. The van der Waals surface area contributed by atoms with Crippen LogP contribution in [-0.4, -0.2) is 38.5 Å². The fourth-order valence-corrected chi connectivity index (χ4v) is 3.00. The molecule has 1 saturated heterocycles. The molecule has 0 radical (unpaired) electrons. The minimum Gasteiger partial charge on any atom is -0.366 e. The molecular formula is C17H19FN6. The Hall–Kier alpha value is -2.54. The van der Waals surface area contributed by atoms with Crippen molar-refractivity contribution < 1.29 is 4.39 Å². The average Bonchev–Trinajstić information content (AvgIpc) is 3.01. The lowest BCUT2D eigenvalue weighted by Gasteiger charge is -2.25. The normalized spacial score (nSPS) is 18.0. The van der Waals surface area contributed by atoms with E-state index in [9.17, 15) is 4.39 Å².